The molecule has 18 heavy (non-hydrogen) atoms. The number of hydrogen-bond acceptors (Lipinski definition) is 1. The molecule has 3 rings (SSSR count). The van der Waals surface area contributed by atoms with Gasteiger partial charge in [-0.1, -0.05) is 46.3 Å². The van der Waals surface area contributed by atoms with Crippen molar-refractivity contribution in [2.24, 2.45) is 5.92 Å². The summed E-state index contributed by atoms with van der Waals surface area (Å²) in [4.78, 5) is 14.9. The quantitative estimate of drug-likeness (QED) is 0.769. The van der Waals surface area contributed by atoms with E-state index in [0.717, 1.165) is 25.9 Å². The molecule has 1 saturated heterocycles. The fourth-order valence-electron chi connectivity index (χ4n) is 2.90. The fraction of sp³-hybridized carbons (Fsp3) is 0.533. The number of nitrogens with zero attached hydrogens (tertiary/aromatic N) is 1. The maximum atomic E-state index is 12.4. The van der Waals surface area contributed by atoms with Crippen molar-refractivity contribution < 1.29 is 4.79 Å². The number of halogens is 1. The second-order valence-corrected chi connectivity index (χ2v) is 6.68. The van der Waals surface area contributed by atoms with Gasteiger partial charge in [0.1, 0.15) is 0 Å². The highest BCUT2D eigenvalue weighted by Gasteiger charge is 2.46. The first-order valence-corrected chi connectivity index (χ1v) is 7.65. The lowest BCUT2D eigenvalue weighted by Gasteiger charge is -2.30. The van der Waals surface area contributed by atoms with Crippen molar-refractivity contribution in [3.05, 3.63) is 35.9 Å². The number of benzene rings is 1. The normalized spacial score (nSPS) is 31.2. The first-order valence-electron chi connectivity index (χ1n) is 6.73. The molecule has 1 heterocycles. The Morgan fingerprint density at radius 1 is 1.28 bits per heavy atom. The van der Waals surface area contributed by atoms with Crippen LogP contribution in [0.25, 0.3) is 0 Å². The minimum absolute atomic E-state index is 0.241. The van der Waals surface area contributed by atoms with Gasteiger partial charge in [0, 0.05) is 23.8 Å². The van der Waals surface area contributed by atoms with Gasteiger partial charge in [-0.05, 0) is 30.7 Å². The Balaban J connectivity index is 1.62. The number of amides is 1. The van der Waals surface area contributed by atoms with E-state index in [4.69, 9.17) is 0 Å². The molecule has 1 amide bonds. The molecule has 0 radical (unpaired) electrons. The molecular weight excluding hydrogens is 290 g/mol. The topological polar surface area (TPSA) is 20.3 Å². The van der Waals surface area contributed by atoms with Crippen LogP contribution in [-0.4, -0.2) is 28.7 Å². The molecule has 3 heteroatoms. The lowest BCUT2D eigenvalue weighted by atomic mass is 10.1. The summed E-state index contributed by atoms with van der Waals surface area (Å²) in [5.74, 6) is 1.08. The second kappa shape index (κ2) is 5.04. The van der Waals surface area contributed by atoms with Crippen LogP contribution in [0.15, 0.2) is 30.3 Å². The van der Waals surface area contributed by atoms with E-state index < -0.39 is 0 Å². The molecule has 2 fully saturated rings. The van der Waals surface area contributed by atoms with Crippen LogP contribution in [0.2, 0.25) is 0 Å². The van der Waals surface area contributed by atoms with E-state index in [0.29, 0.717) is 16.7 Å². The number of alkyl halides is 1. The molecule has 3 unspecified atom stereocenters. The summed E-state index contributed by atoms with van der Waals surface area (Å²) in [6.45, 7) is 1.83. The molecule has 2 nitrogen and oxygen atoms in total. The van der Waals surface area contributed by atoms with Gasteiger partial charge < -0.3 is 4.90 Å². The fourth-order valence-corrected chi connectivity index (χ4v) is 3.57. The van der Waals surface area contributed by atoms with Gasteiger partial charge in [-0.15, -0.1) is 0 Å². The Morgan fingerprint density at radius 3 is 2.78 bits per heavy atom. The molecule has 1 saturated carbocycles. The third-order valence-corrected chi connectivity index (χ3v) is 4.76. The van der Waals surface area contributed by atoms with Gasteiger partial charge in [0.25, 0.3) is 0 Å². The molecule has 0 bridgehead atoms. The van der Waals surface area contributed by atoms with Crippen LogP contribution in [0, 0.1) is 5.92 Å². The number of carbonyl (C=O) groups excluding carboxylic acids is 1. The number of piperidine rings is 1. The summed E-state index contributed by atoms with van der Waals surface area (Å²) < 4.78 is 0. The molecule has 1 aromatic carbocycles. The highest BCUT2D eigenvalue weighted by Crippen LogP contribution is 2.48. The number of rotatable bonds is 2. The first kappa shape index (κ1) is 12.2. The third-order valence-electron chi connectivity index (χ3n) is 4.01. The van der Waals surface area contributed by atoms with E-state index >= 15 is 0 Å². The summed E-state index contributed by atoms with van der Waals surface area (Å²) in [6.07, 6.45) is 3.35. The smallest absolute Gasteiger partial charge is 0.226 e. The zero-order valence-electron chi connectivity index (χ0n) is 10.4. The summed E-state index contributed by atoms with van der Waals surface area (Å²) in [7, 11) is 0. The number of hydrogen-bond donors (Lipinski definition) is 0. The van der Waals surface area contributed by atoms with Crippen molar-refractivity contribution in [3.8, 4) is 0 Å². The Morgan fingerprint density at radius 2 is 2.06 bits per heavy atom. The maximum absolute atomic E-state index is 12.4. The number of carbonyl (C=O) groups is 1. The largest absolute Gasteiger partial charge is 0.341 e. The lowest BCUT2D eigenvalue weighted by molar-refractivity contribution is -0.133. The Kier molecular flexibility index (Phi) is 3.42. The first-order chi connectivity index (χ1) is 8.75. The maximum Gasteiger partial charge on any atom is 0.226 e. The van der Waals surface area contributed by atoms with Crippen LogP contribution >= 0.6 is 15.9 Å². The molecule has 1 aromatic rings. The Hall–Kier alpha value is -0.830. The van der Waals surface area contributed by atoms with E-state index in [1.807, 2.05) is 6.07 Å². The summed E-state index contributed by atoms with van der Waals surface area (Å²) in [5.41, 5.74) is 1.32. The average Bonchev–Trinajstić information content (AvgIpc) is 3.19. The van der Waals surface area contributed by atoms with Gasteiger partial charge in [-0.25, -0.2) is 0 Å². The van der Waals surface area contributed by atoms with Crippen LogP contribution in [0.1, 0.15) is 30.7 Å². The zero-order valence-corrected chi connectivity index (χ0v) is 12.0. The molecule has 0 N–H and O–H groups in total. The molecule has 0 aromatic heterocycles. The average molecular weight is 308 g/mol. The molecule has 1 aliphatic carbocycles. The Bertz CT molecular complexity index is 433. The molecule has 0 spiro atoms. The summed E-state index contributed by atoms with van der Waals surface area (Å²) >= 11 is 3.63. The SMILES string of the molecule is O=C(C1CC1c1ccccc1)N1CCCC(Br)C1. The molecule has 2 aliphatic rings. The van der Waals surface area contributed by atoms with E-state index in [-0.39, 0.29) is 5.92 Å². The highest BCUT2D eigenvalue weighted by atomic mass is 79.9. The van der Waals surface area contributed by atoms with E-state index in [1.165, 1.54) is 12.0 Å². The van der Waals surface area contributed by atoms with Crippen LogP contribution in [0.5, 0.6) is 0 Å². The minimum atomic E-state index is 0.241. The minimum Gasteiger partial charge on any atom is -0.341 e. The van der Waals surface area contributed by atoms with Gasteiger partial charge >= 0.3 is 0 Å². The van der Waals surface area contributed by atoms with Gasteiger partial charge in [0.05, 0.1) is 0 Å². The monoisotopic (exact) mass is 307 g/mol. The van der Waals surface area contributed by atoms with Crippen LogP contribution in [0.4, 0.5) is 0 Å². The van der Waals surface area contributed by atoms with E-state index in [9.17, 15) is 4.79 Å². The molecule has 1 aliphatic heterocycles. The summed E-state index contributed by atoms with van der Waals surface area (Å²) in [5, 5.41) is 0. The summed E-state index contributed by atoms with van der Waals surface area (Å²) in [6, 6.07) is 10.4. The van der Waals surface area contributed by atoms with Crippen molar-refractivity contribution in [2.75, 3.05) is 13.1 Å². The van der Waals surface area contributed by atoms with Crippen molar-refractivity contribution in [1.29, 1.82) is 0 Å². The lowest BCUT2D eigenvalue weighted by Crippen LogP contribution is -2.41. The van der Waals surface area contributed by atoms with E-state index in [1.54, 1.807) is 0 Å². The Labute approximate surface area is 116 Å². The van der Waals surface area contributed by atoms with Crippen LogP contribution in [-0.2, 0) is 4.79 Å². The molecular formula is C15H18BrNO. The predicted molar refractivity (Wildman–Crippen MR) is 75.8 cm³/mol. The number of likely N-dealkylation sites (tertiary alicyclic amines) is 1. The molecule has 3 atom stereocenters. The van der Waals surface area contributed by atoms with E-state index in [2.05, 4.69) is 45.1 Å². The molecule has 96 valence electrons. The highest BCUT2D eigenvalue weighted by molar-refractivity contribution is 9.09. The third kappa shape index (κ3) is 2.46. The van der Waals surface area contributed by atoms with Crippen LogP contribution in [0.3, 0.4) is 0 Å². The van der Waals surface area contributed by atoms with Crippen LogP contribution < -0.4 is 0 Å². The van der Waals surface area contributed by atoms with Crippen molar-refractivity contribution in [3.63, 3.8) is 0 Å². The van der Waals surface area contributed by atoms with Crippen molar-refractivity contribution >= 4 is 21.8 Å². The standard InChI is InChI=1S/C15H18BrNO/c16-12-7-4-8-17(10-12)15(18)14-9-13(14)11-5-2-1-3-6-11/h1-3,5-6,12-14H,4,7-10H2. The van der Waals surface area contributed by atoms with Crippen molar-refractivity contribution in [2.45, 2.75) is 30.0 Å². The van der Waals surface area contributed by atoms with Gasteiger partial charge in [0.15, 0.2) is 0 Å². The van der Waals surface area contributed by atoms with Gasteiger partial charge in [-0.3, -0.25) is 4.79 Å². The second-order valence-electron chi connectivity index (χ2n) is 5.38. The van der Waals surface area contributed by atoms with Gasteiger partial charge in [0.2, 0.25) is 5.91 Å². The zero-order chi connectivity index (χ0) is 12.5. The van der Waals surface area contributed by atoms with Crippen molar-refractivity contribution in [1.82, 2.24) is 4.90 Å². The predicted octanol–water partition coefficient (Wildman–Crippen LogP) is 3.18. The van der Waals surface area contributed by atoms with Gasteiger partial charge in [-0.2, -0.15) is 0 Å².